The molecule has 0 spiro atoms. The van der Waals surface area contributed by atoms with Gasteiger partial charge in [-0.05, 0) is 55.8 Å². The van der Waals surface area contributed by atoms with Crippen molar-refractivity contribution < 1.29 is 4.79 Å². The minimum absolute atomic E-state index is 0. The van der Waals surface area contributed by atoms with Crippen molar-refractivity contribution in [2.45, 2.75) is 51.5 Å². The van der Waals surface area contributed by atoms with Gasteiger partial charge in [0, 0.05) is 12.5 Å². The van der Waals surface area contributed by atoms with Crippen LogP contribution in [0.4, 0.5) is 0 Å². The molecule has 1 atom stereocenters. The van der Waals surface area contributed by atoms with Crippen molar-refractivity contribution in [3.63, 3.8) is 0 Å². The Morgan fingerprint density at radius 2 is 1.78 bits per heavy atom. The van der Waals surface area contributed by atoms with Gasteiger partial charge in [0.25, 0.3) is 0 Å². The highest BCUT2D eigenvalue weighted by Crippen LogP contribution is 2.34. The summed E-state index contributed by atoms with van der Waals surface area (Å²) in [6, 6.07) is 9.21. The standard InChI is InChI=1S/C19H28N2O.ClH/c1-14(2)15-5-7-16(8-6-15)18-4-3-13-21(18)19(22)17-9-11-20-12-10-17;/h5-8,14,17-18,20H,3-4,9-13H2,1-2H3;1H. The molecule has 2 aliphatic rings. The van der Waals surface area contributed by atoms with E-state index < -0.39 is 0 Å². The van der Waals surface area contributed by atoms with Gasteiger partial charge < -0.3 is 10.2 Å². The molecule has 4 heteroatoms. The van der Waals surface area contributed by atoms with Gasteiger partial charge >= 0.3 is 0 Å². The molecule has 1 N–H and O–H groups in total. The largest absolute Gasteiger partial charge is 0.335 e. The smallest absolute Gasteiger partial charge is 0.226 e. The lowest BCUT2D eigenvalue weighted by Crippen LogP contribution is -2.40. The maximum absolute atomic E-state index is 12.9. The number of nitrogens with one attached hydrogen (secondary N) is 1. The number of nitrogens with zero attached hydrogens (tertiary/aromatic N) is 1. The third-order valence-electron chi connectivity index (χ3n) is 5.21. The van der Waals surface area contributed by atoms with Gasteiger partial charge in [-0.25, -0.2) is 0 Å². The molecule has 3 rings (SSSR count). The van der Waals surface area contributed by atoms with E-state index in [4.69, 9.17) is 0 Å². The lowest BCUT2D eigenvalue weighted by Gasteiger charge is -2.31. The first-order valence-electron chi connectivity index (χ1n) is 8.78. The van der Waals surface area contributed by atoms with Gasteiger partial charge in [-0.2, -0.15) is 0 Å². The number of halogens is 1. The molecule has 0 bridgehead atoms. The zero-order valence-electron chi connectivity index (χ0n) is 14.3. The second-order valence-corrected chi connectivity index (χ2v) is 7.04. The summed E-state index contributed by atoms with van der Waals surface area (Å²) in [6.45, 7) is 7.34. The molecule has 1 aromatic carbocycles. The van der Waals surface area contributed by atoms with Gasteiger partial charge in [-0.1, -0.05) is 38.1 Å². The number of likely N-dealkylation sites (tertiary alicyclic amines) is 1. The fourth-order valence-corrected chi connectivity index (χ4v) is 3.78. The van der Waals surface area contributed by atoms with Gasteiger partial charge in [0.1, 0.15) is 0 Å². The normalized spacial score (nSPS) is 22.2. The number of benzene rings is 1. The Morgan fingerprint density at radius 3 is 2.39 bits per heavy atom. The first kappa shape index (κ1) is 18.3. The van der Waals surface area contributed by atoms with Crippen LogP contribution >= 0.6 is 12.4 Å². The van der Waals surface area contributed by atoms with E-state index in [-0.39, 0.29) is 18.3 Å². The molecule has 1 amide bonds. The summed E-state index contributed by atoms with van der Waals surface area (Å²) in [7, 11) is 0. The van der Waals surface area contributed by atoms with E-state index in [0.717, 1.165) is 45.3 Å². The second-order valence-electron chi connectivity index (χ2n) is 7.04. The van der Waals surface area contributed by atoms with Crippen LogP contribution in [0.2, 0.25) is 0 Å². The number of rotatable bonds is 3. The molecular weight excluding hydrogens is 308 g/mol. The summed E-state index contributed by atoms with van der Waals surface area (Å²) in [4.78, 5) is 15.0. The molecule has 2 fully saturated rings. The van der Waals surface area contributed by atoms with E-state index in [0.29, 0.717) is 17.9 Å². The molecule has 2 heterocycles. The fourth-order valence-electron chi connectivity index (χ4n) is 3.78. The fraction of sp³-hybridized carbons (Fsp3) is 0.632. The van der Waals surface area contributed by atoms with Crippen molar-refractivity contribution in [3.8, 4) is 0 Å². The number of hydrogen-bond acceptors (Lipinski definition) is 2. The van der Waals surface area contributed by atoms with Crippen LogP contribution in [0.3, 0.4) is 0 Å². The highest BCUT2D eigenvalue weighted by Gasteiger charge is 2.34. The number of carbonyl (C=O) groups is 1. The van der Waals surface area contributed by atoms with E-state index in [1.807, 2.05) is 0 Å². The Morgan fingerprint density at radius 1 is 1.13 bits per heavy atom. The van der Waals surface area contributed by atoms with Crippen LogP contribution < -0.4 is 5.32 Å². The van der Waals surface area contributed by atoms with Crippen LogP contribution in [0.15, 0.2) is 24.3 Å². The summed E-state index contributed by atoms with van der Waals surface area (Å²) in [5.74, 6) is 1.18. The maximum atomic E-state index is 12.9. The zero-order chi connectivity index (χ0) is 15.5. The quantitative estimate of drug-likeness (QED) is 0.908. The molecule has 0 aliphatic carbocycles. The predicted molar refractivity (Wildman–Crippen MR) is 97.1 cm³/mol. The van der Waals surface area contributed by atoms with Gasteiger partial charge in [-0.3, -0.25) is 4.79 Å². The van der Waals surface area contributed by atoms with Crippen LogP contribution in [0.5, 0.6) is 0 Å². The van der Waals surface area contributed by atoms with Crippen molar-refractivity contribution in [2.75, 3.05) is 19.6 Å². The number of amides is 1. The third-order valence-corrected chi connectivity index (χ3v) is 5.21. The van der Waals surface area contributed by atoms with Crippen molar-refractivity contribution >= 4 is 18.3 Å². The molecule has 3 nitrogen and oxygen atoms in total. The van der Waals surface area contributed by atoms with Crippen LogP contribution in [-0.2, 0) is 4.79 Å². The number of piperidine rings is 1. The second kappa shape index (κ2) is 8.16. The topological polar surface area (TPSA) is 32.3 Å². The molecule has 0 radical (unpaired) electrons. The van der Waals surface area contributed by atoms with Gasteiger partial charge in [0.05, 0.1) is 6.04 Å². The Labute approximate surface area is 146 Å². The number of hydrogen-bond donors (Lipinski definition) is 1. The van der Waals surface area contributed by atoms with Gasteiger partial charge in [-0.15, -0.1) is 12.4 Å². The average molecular weight is 337 g/mol. The highest BCUT2D eigenvalue weighted by molar-refractivity contribution is 5.85. The summed E-state index contributed by atoms with van der Waals surface area (Å²) in [5, 5.41) is 3.35. The summed E-state index contributed by atoms with van der Waals surface area (Å²) < 4.78 is 0. The predicted octanol–water partition coefficient (Wildman–Crippen LogP) is 3.89. The van der Waals surface area contributed by atoms with Crippen LogP contribution in [0, 0.1) is 5.92 Å². The molecule has 2 saturated heterocycles. The summed E-state index contributed by atoms with van der Waals surface area (Å²) in [6.07, 6.45) is 4.23. The molecule has 1 unspecified atom stereocenters. The summed E-state index contributed by atoms with van der Waals surface area (Å²) in [5.41, 5.74) is 2.68. The molecular formula is C19H29ClN2O. The zero-order valence-corrected chi connectivity index (χ0v) is 15.1. The molecule has 23 heavy (non-hydrogen) atoms. The van der Waals surface area contributed by atoms with E-state index in [9.17, 15) is 4.79 Å². The lowest BCUT2D eigenvalue weighted by molar-refractivity contribution is -0.137. The van der Waals surface area contributed by atoms with Gasteiger partial charge in [0.2, 0.25) is 5.91 Å². The van der Waals surface area contributed by atoms with E-state index in [1.165, 1.54) is 11.1 Å². The monoisotopic (exact) mass is 336 g/mol. The molecule has 128 valence electrons. The maximum Gasteiger partial charge on any atom is 0.226 e. The van der Waals surface area contributed by atoms with Crippen molar-refractivity contribution in [3.05, 3.63) is 35.4 Å². The lowest BCUT2D eigenvalue weighted by atomic mass is 9.94. The van der Waals surface area contributed by atoms with Crippen molar-refractivity contribution in [2.24, 2.45) is 5.92 Å². The third kappa shape index (κ3) is 4.07. The SMILES string of the molecule is CC(C)c1ccc(C2CCCN2C(=O)C2CCNCC2)cc1.Cl. The molecule has 0 aromatic heterocycles. The molecule has 1 aromatic rings. The molecule has 2 aliphatic heterocycles. The van der Waals surface area contributed by atoms with Crippen LogP contribution in [-0.4, -0.2) is 30.4 Å². The Bertz CT molecular complexity index is 509. The first-order chi connectivity index (χ1) is 10.7. The van der Waals surface area contributed by atoms with Crippen molar-refractivity contribution in [1.29, 1.82) is 0 Å². The van der Waals surface area contributed by atoms with Gasteiger partial charge in [0.15, 0.2) is 0 Å². The minimum Gasteiger partial charge on any atom is -0.335 e. The van der Waals surface area contributed by atoms with E-state index >= 15 is 0 Å². The van der Waals surface area contributed by atoms with E-state index in [1.54, 1.807) is 0 Å². The van der Waals surface area contributed by atoms with Crippen molar-refractivity contribution in [1.82, 2.24) is 10.2 Å². The minimum atomic E-state index is 0. The Balaban J connectivity index is 0.00000192. The number of carbonyl (C=O) groups excluding carboxylic acids is 1. The summed E-state index contributed by atoms with van der Waals surface area (Å²) >= 11 is 0. The average Bonchev–Trinajstić information content (AvgIpc) is 3.04. The Hall–Kier alpha value is -1.06. The first-order valence-corrected chi connectivity index (χ1v) is 8.78. The molecule has 0 saturated carbocycles. The van der Waals surface area contributed by atoms with Crippen LogP contribution in [0.25, 0.3) is 0 Å². The van der Waals surface area contributed by atoms with Crippen LogP contribution in [0.1, 0.15) is 62.6 Å². The van der Waals surface area contributed by atoms with E-state index in [2.05, 4.69) is 48.3 Å². The Kier molecular flexibility index (Phi) is 6.49. The highest BCUT2D eigenvalue weighted by atomic mass is 35.5.